The second kappa shape index (κ2) is 8.65. The predicted molar refractivity (Wildman–Crippen MR) is 127 cm³/mol. The van der Waals surface area contributed by atoms with Gasteiger partial charge >= 0.3 is 0 Å². The third-order valence-corrected chi connectivity index (χ3v) is 8.41. The van der Waals surface area contributed by atoms with Crippen molar-refractivity contribution in [1.29, 1.82) is 0 Å². The molecule has 0 saturated heterocycles. The highest BCUT2D eigenvalue weighted by atomic mass is 32.2. The minimum atomic E-state index is 0.312. The number of thioether (sulfide) groups is 1. The maximum absolute atomic E-state index is 4.83. The molecule has 4 aromatic rings. The quantitative estimate of drug-likeness (QED) is 0.299. The van der Waals surface area contributed by atoms with Gasteiger partial charge < -0.3 is 0 Å². The number of nitrogens with zero attached hydrogens (tertiary/aromatic N) is 4. The number of aryl methyl sites for hydroxylation is 1. The van der Waals surface area contributed by atoms with Gasteiger partial charge in [-0.25, -0.2) is 4.98 Å². The molecule has 1 aromatic carbocycles. The third-order valence-electron chi connectivity index (χ3n) is 5.40. The standard InChI is InChI=1S/C23H24N4S3/c1-15(2)27-21(19-14-28-20-11-7-6-10-18(19)20)25-26-23(27)30-13-17-12-29-22(24-17)16-8-4-3-5-9-16/h3-5,8-9,12,14-15H,6-7,10-11,13H2,1-2H3. The molecule has 0 bridgehead atoms. The second-order valence-corrected chi connectivity index (χ2v) is 10.6. The Morgan fingerprint density at radius 3 is 2.70 bits per heavy atom. The molecule has 0 saturated carbocycles. The topological polar surface area (TPSA) is 43.6 Å². The molecule has 0 radical (unpaired) electrons. The number of benzene rings is 1. The van der Waals surface area contributed by atoms with Crippen LogP contribution in [-0.4, -0.2) is 19.7 Å². The van der Waals surface area contributed by atoms with Gasteiger partial charge in [-0.2, -0.15) is 0 Å². The van der Waals surface area contributed by atoms with Crippen molar-refractivity contribution in [2.75, 3.05) is 0 Å². The summed E-state index contributed by atoms with van der Waals surface area (Å²) in [4.78, 5) is 6.37. The summed E-state index contributed by atoms with van der Waals surface area (Å²) in [6.07, 6.45) is 4.97. The van der Waals surface area contributed by atoms with Gasteiger partial charge in [0.05, 0.1) is 5.69 Å². The monoisotopic (exact) mass is 452 g/mol. The lowest BCUT2D eigenvalue weighted by Crippen LogP contribution is -2.07. The molecule has 5 rings (SSSR count). The van der Waals surface area contributed by atoms with E-state index in [1.54, 1.807) is 28.0 Å². The van der Waals surface area contributed by atoms with Crippen molar-refractivity contribution in [1.82, 2.24) is 19.7 Å². The van der Waals surface area contributed by atoms with Crippen molar-refractivity contribution >= 4 is 34.4 Å². The van der Waals surface area contributed by atoms with Gasteiger partial charge in [0.15, 0.2) is 11.0 Å². The molecule has 0 spiro atoms. The van der Waals surface area contributed by atoms with Crippen molar-refractivity contribution in [3.63, 3.8) is 0 Å². The average molecular weight is 453 g/mol. The number of thiophene rings is 1. The molecule has 7 heteroatoms. The van der Waals surface area contributed by atoms with Crippen LogP contribution in [0.25, 0.3) is 22.0 Å². The normalized spacial score (nSPS) is 13.7. The van der Waals surface area contributed by atoms with E-state index in [-0.39, 0.29) is 0 Å². The minimum Gasteiger partial charge on any atom is -0.299 e. The van der Waals surface area contributed by atoms with Crippen LogP contribution in [0.3, 0.4) is 0 Å². The summed E-state index contributed by atoms with van der Waals surface area (Å²) in [5.74, 6) is 1.82. The van der Waals surface area contributed by atoms with Gasteiger partial charge in [-0.15, -0.1) is 32.9 Å². The van der Waals surface area contributed by atoms with E-state index in [2.05, 4.69) is 63.6 Å². The zero-order valence-electron chi connectivity index (χ0n) is 17.2. The fourth-order valence-corrected chi connectivity index (χ4v) is 6.95. The Bertz CT molecular complexity index is 1140. The van der Waals surface area contributed by atoms with Crippen LogP contribution in [0.2, 0.25) is 0 Å². The summed E-state index contributed by atoms with van der Waals surface area (Å²) < 4.78 is 2.30. The molecule has 0 amide bonds. The molecule has 0 N–H and O–H groups in total. The van der Waals surface area contributed by atoms with E-state index in [0.717, 1.165) is 27.4 Å². The highest BCUT2D eigenvalue weighted by Gasteiger charge is 2.23. The smallest absolute Gasteiger partial charge is 0.192 e. The van der Waals surface area contributed by atoms with Crippen LogP contribution in [0.1, 0.15) is 48.9 Å². The molecule has 1 aliphatic carbocycles. The first-order valence-corrected chi connectivity index (χ1v) is 13.1. The Labute approximate surface area is 189 Å². The summed E-state index contributed by atoms with van der Waals surface area (Å²) in [6, 6.07) is 10.7. The summed E-state index contributed by atoms with van der Waals surface area (Å²) in [5.41, 5.74) is 5.07. The number of thiazole rings is 1. The minimum absolute atomic E-state index is 0.312. The van der Waals surface area contributed by atoms with Crippen LogP contribution in [0.5, 0.6) is 0 Å². The third kappa shape index (κ3) is 3.86. The molecule has 154 valence electrons. The molecule has 0 unspecified atom stereocenters. The summed E-state index contributed by atoms with van der Waals surface area (Å²) in [5, 5.41) is 15.7. The van der Waals surface area contributed by atoms with Gasteiger partial charge in [0.1, 0.15) is 5.01 Å². The van der Waals surface area contributed by atoms with Crippen molar-refractivity contribution in [2.45, 2.75) is 56.5 Å². The Morgan fingerprint density at radius 2 is 1.87 bits per heavy atom. The van der Waals surface area contributed by atoms with Crippen LogP contribution in [-0.2, 0) is 18.6 Å². The fourth-order valence-electron chi connectivity index (χ4n) is 3.93. The lowest BCUT2D eigenvalue weighted by molar-refractivity contribution is 0.554. The van der Waals surface area contributed by atoms with Gasteiger partial charge in [0.2, 0.25) is 0 Å². The first kappa shape index (κ1) is 20.0. The molecule has 4 nitrogen and oxygen atoms in total. The molecule has 1 aliphatic rings. The van der Waals surface area contributed by atoms with E-state index in [9.17, 15) is 0 Å². The summed E-state index contributed by atoms with van der Waals surface area (Å²) >= 11 is 5.32. The highest BCUT2D eigenvalue weighted by Crippen LogP contribution is 2.38. The summed E-state index contributed by atoms with van der Waals surface area (Å²) in [6.45, 7) is 4.43. The van der Waals surface area contributed by atoms with Gasteiger partial charge in [-0.3, -0.25) is 4.57 Å². The maximum Gasteiger partial charge on any atom is 0.192 e. The number of hydrogen-bond donors (Lipinski definition) is 0. The molecular formula is C23H24N4S3. The zero-order chi connectivity index (χ0) is 20.5. The van der Waals surface area contributed by atoms with Crippen molar-refractivity contribution in [3.05, 3.63) is 57.2 Å². The molecule has 0 atom stereocenters. The van der Waals surface area contributed by atoms with Crippen molar-refractivity contribution in [3.8, 4) is 22.0 Å². The van der Waals surface area contributed by atoms with E-state index in [4.69, 9.17) is 4.98 Å². The van der Waals surface area contributed by atoms with E-state index in [1.807, 2.05) is 17.4 Å². The van der Waals surface area contributed by atoms with Gasteiger partial charge in [-0.05, 0) is 45.1 Å². The average Bonchev–Trinajstić information content (AvgIpc) is 3.50. The highest BCUT2D eigenvalue weighted by molar-refractivity contribution is 7.98. The fraction of sp³-hybridized carbons (Fsp3) is 0.348. The number of rotatable bonds is 6. The molecule has 3 aromatic heterocycles. The predicted octanol–water partition coefficient (Wildman–Crippen LogP) is 6.88. The van der Waals surface area contributed by atoms with Gasteiger partial charge in [0.25, 0.3) is 0 Å². The Hall–Kier alpha value is -1.96. The van der Waals surface area contributed by atoms with Crippen LogP contribution in [0.4, 0.5) is 0 Å². The first-order chi connectivity index (χ1) is 14.7. The Morgan fingerprint density at radius 1 is 1.03 bits per heavy atom. The molecule has 0 fully saturated rings. The Balaban J connectivity index is 1.38. The van der Waals surface area contributed by atoms with E-state index in [0.29, 0.717) is 6.04 Å². The maximum atomic E-state index is 4.83. The largest absolute Gasteiger partial charge is 0.299 e. The molecule has 0 aliphatic heterocycles. The Kier molecular flexibility index (Phi) is 5.76. The zero-order valence-corrected chi connectivity index (χ0v) is 19.6. The van der Waals surface area contributed by atoms with Gasteiger partial charge in [0, 0.05) is 38.6 Å². The van der Waals surface area contributed by atoms with E-state index >= 15 is 0 Å². The molecular weight excluding hydrogens is 428 g/mol. The van der Waals surface area contributed by atoms with Crippen molar-refractivity contribution < 1.29 is 0 Å². The second-order valence-electron chi connectivity index (χ2n) is 7.83. The number of fused-ring (bicyclic) bond motifs is 1. The lowest BCUT2D eigenvalue weighted by Gasteiger charge is -2.16. The first-order valence-electron chi connectivity index (χ1n) is 10.4. The van der Waals surface area contributed by atoms with Crippen LogP contribution < -0.4 is 0 Å². The van der Waals surface area contributed by atoms with Crippen LogP contribution >= 0.6 is 34.4 Å². The summed E-state index contributed by atoms with van der Waals surface area (Å²) in [7, 11) is 0. The van der Waals surface area contributed by atoms with Crippen LogP contribution in [0.15, 0.2) is 46.2 Å². The van der Waals surface area contributed by atoms with Crippen LogP contribution in [0, 0.1) is 0 Å². The van der Waals surface area contributed by atoms with Crippen molar-refractivity contribution in [2.24, 2.45) is 0 Å². The number of hydrogen-bond acceptors (Lipinski definition) is 6. The molecule has 3 heterocycles. The van der Waals surface area contributed by atoms with Gasteiger partial charge in [-0.1, -0.05) is 42.1 Å². The number of aromatic nitrogens is 4. The molecule has 30 heavy (non-hydrogen) atoms. The lowest BCUT2D eigenvalue weighted by atomic mass is 9.95. The SMILES string of the molecule is CC(C)n1c(SCc2csc(-c3ccccc3)n2)nnc1-c1csc2c1CCCC2. The van der Waals surface area contributed by atoms with E-state index < -0.39 is 0 Å². The van der Waals surface area contributed by atoms with E-state index in [1.165, 1.54) is 42.4 Å².